The molecule has 1 amide bonds. The van der Waals surface area contributed by atoms with E-state index >= 15 is 0 Å². The number of likely N-dealkylation sites (tertiary alicyclic amines) is 1. The molecule has 0 aromatic carbocycles. The zero-order chi connectivity index (χ0) is 20.2. The highest BCUT2D eigenvalue weighted by Crippen LogP contribution is 2.15. The summed E-state index contributed by atoms with van der Waals surface area (Å²) in [4.78, 5) is 32.0. The number of piperidine rings is 1. The van der Waals surface area contributed by atoms with Crippen molar-refractivity contribution in [2.24, 2.45) is 0 Å². The summed E-state index contributed by atoms with van der Waals surface area (Å²) in [6.45, 7) is 5.46. The molecule has 3 aromatic rings. The van der Waals surface area contributed by atoms with E-state index in [1.54, 1.807) is 10.8 Å². The van der Waals surface area contributed by atoms with Crippen molar-refractivity contribution >= 4 is 22.6 Å². The molecule has 154 valence electrons. The molecule has 4 heterocycles. The fourth-order valence-corrected chi connectivity index (χ4v) is 4.31. The van der Waals surface area contributed by atoms with Crippen molar-refractivity contribution in [3.63, 3.8) is 0 Å². The number of carbonyl (C=O) groups excluding carboxylic acids is 1. The average Bonchev–Trinajstić information content (AvgIpc) is 3.22. The first-order valence-corrected chi connectivity index (χ1v) is 10.6. The number of hydrogen-bond donors (Lipinski definition) is 1. The number of pyridine rings is 1. The maximum atomic E-state index is 12.9. The molecule has 7 nitrogen and oxygen atoms in total. The third kappa shape index (κ3) is 4.19. The van der Waals surface area contributed by atoms with Crippen LogP contribution in [0.15, 0.2) is 41.5 Å². The van der Waals surface area contributed by atoms with Crippen LogP contribution in [0.25, 0.3) is 16.7 Å². The summed E-state index contributed by atoms with van der Waals surface area (Å²) in [5, 5.41) is 3.03. The lowest BCUT2D eigenvalue weighted by atomic mass is 10.0. The van der Waals surface area contributed by atoms with Crippen molar-refractivity contribution in [2.75, 3.05) is 19.6 Å². The van der Waals surface area contributed by atoms with Gasteiger partial charge >= 0.3 is 0 Å². The van der Waals surface area contributed by atoms with Gasteiger partial charge in [0.15, 0.2) is 5.65 Å². The summed E-state index contributed by atoms with van der Waals surface area (Å²) in [5.74, 6) is 0.0451. The zero-order valence-electron chi connectivity index (χ0n) is 17.0. The summed E-state index contributed by atoms with van der Waals surface area (Å²) in [6.07, 6.45) is 8.39. The largest absolute Gasteiger partial charge is 0.355 e. The number of amides is 1. The molecule has 4 rings (SSSR count). The van der Waals surface area contributed by atoms with Gasteiger partial charge in [-0.25, -0.2) is 4.98 Å². The van der Waals surface area contributed by atoms with Crippen LogP contribution in [-0.4, -0.2) is 50.4 Å². The summed E-state index contributed by atoms with van der Waals surface area (Å²) in [7, 11) is 0. The molecule has 1 aliphatic heterocycles. The predicted octanol–water partition coefficient (Wildman–Crippen LogP) is 2.42. The lowest BCUT2D eigenvalue weighted by Crippen LogP contribution is -2.42. The summed E-state index contributed by atoms with van der Waals surface area (Å²) in [6, 6.07) is 8.12. The van der Waals surface area contributed by atoms with Gasteiger partial charge in [0.05, 0.1) is 5.52 Å². The Labute approximate surface area is 170 Å². The third-order valence-electron chi connectivity index (χ3n) is 5.94. The van der Waals surface area contributed by atoms with Gasteiger partial charge in [-0.3, -0.25) is 19.1 Å². The Balaban J connectivity index is 1.34. The molecular weight excluding hydrogens is 366 g/mol. The lowest BCUT2D eigenvalue weighted by molar-refractivity contribution is -0.121. The Bertz CT molecular complexity index is 1050. The van der Waals surface area contributed by atoms with Gasteiger partial charge in [0.2, 0.25) is 5.91 Å². The van der Waals surface area contributed by atoms with E-state index in [1.165, 1.54) is 19.3 Å². The fraction of sp³-hybridized carbons (Fsp3) is 0.500. The number of aryl methyl sites for hydroxylation is 1. The van der Waals surface area contributed by atoms with Crippen LogP contribution in [0.1, 0.15) is 39.0 Å². The Kier molecular flexibility index (Phi) is 5.94. The van der Waals surface area contributed by atoms with Gasteiger partial charge in [-0.15, -0.1) is 0 Å². The molecule has 0 aliphatic carbocycles. The molecule has 3 aromatic heterocycles. The van der Waals surface area contributed by atoms with Crippen molar-refractivity contribution in [1.29, 1.82) is 0 Å². The van der Waals surface area contributed by atoms with E-state index in [0.29, 0.717) is 43.1 Å². The third-order valence-corrected chi connectivity index (χ3v) is 5.94. The number of aromatic nitrogens is 3. The van der Waals surface area contributed by atoms with Gasteiger partial charge in [0, 0.05) is 44.5 Å². The van der Waals surface area contributed by atoms with Crippen LogP contribution in [-0.2, 0) is 11.3 Å². The standard InChI is InChI=1S/C22H29N5O2/c1-17-7-2-3-13-25(17)16-12-23-20(28)10-6-15-27-21-18(8-4-11-24-21)26-14-5-9-19(26)22(27)29/h4-5,8-9,11,14,17H,2-3,6-7,10,12-13,15-16H2,1H3,(H,23,28)/t17-/m1/s1. The smallest absolute Gasteiger partial charge is 0.276 e. The highest BCUT2D eigenvalue weighted by molar-refractivity contribution is 5.76. The molecule has 1 atom stereocenters. The first-order valence-electron chi connectivity index (χ1n) is 10.6. The quantitative estimate of drug-likeness (QED) is 0.667. The van der Waals surface area contributed by atoms with Gasteiger partial charge in [-0.2, -0.15) is 0 Å². The van der Waals surface area contributed by atoms with Gasteiger partial charge in [0.25, 0.3) is 5.56 Å². The maximum Gasteiger partial charge on any atom is 0.276 e. The van der Waals surface area contributed by atoms with Crippen molar-refractivity contribution in [2.45, 2.75) is 51.6 Å². The first kappa shape index (κ1) is 19.6. The van der Waals surface area contributed by atoms with E-state index in [-0.39, 0.29) is 11.5 Å². The Hall–Kier alpha value is -2.67. The van der Waals surface area contributed by atoms with Gasteiger partial charge in [-0.05, 0) is 57.0 Å². The topological polar surface area (TPSA) is 71.6 Å². The summed E-state index contributed by atoms with van der Waals surface area (Å²) in [5.41, 5.74) is 2.11. The molecule has 0 saturated carbocycles. The average molecular weight is 396 g/mol. The van der Waals surface area contributed by atoms with Gasteiger partial charge in [0.1, 0.15) is 5.52 Å². The molecular formula is C22H29N5O2. The zero-order valence-corrected chi connectivity index (χ0v) is 17.0. The maximum absolute atomic E-state index is 12.9. The van der Waals surface area contributed by atoms with Crippen LogP contribution in [0.5, 0.6) is 0 Å². The Morgan fingerprint density at radius 2 is 2.07 bits per heavy atom. The highest BCUT2D eigenvalue weighted by Gasteiger charge is 2.17. The minimum Gasteiger partial charge on any atom is -0.355 e. The Morgan fingerprint density at radius 3 is 2.93 bits per heavy atom. The van der Waals surface area contributed by atoms with Crippen molar-refractivity contribution < 1.29 is 4.79 Å². The number of hydrogen-bond acceptors (Lipinski definition) is 4. The van der Waals surface area contributed by atoms with E-state index in [4.69, 9.17) is 0 Å². The number of rotatable bonds is 7. The molecule has 1 fully saturated rings. The van der Waals surface area contributed by atoms with Crippen LogP contribution in [0, 0.1) is 0 Å². The van der Waals surface area contributed by atoms with Gasteiger partial charge in [-0.1, -0.05) is 6.42 Å². The molecule has 29 heavy (non-hydrogen) atoms. The second-order valence-corrected chi connectivity index (χ2v) is 7.90. The fourth-order valence-electron chi connectivity index (χ4n) is 4.31. The summed E-state index contributed by atoms with van der Waals surface area (Å²) < 4.78 is 3.56. The monoisotopic (exact) mass is 395 g/mol. The van der Waals surface area contributed by atoms with Crippen molar-refractivity contribution in [3.05, 3.63) is 47.0 Å². The Morgan fingerprint density at radius 1 is 1.21 bits per heavy atom. The van der Waals surface area contributed by atoms with E-state index in [1.807, 2.05) is 34.9 Å². The molecule has 0 unspecified atom stereocenters. The molecule has 1 aliphatic rings. The molecule has 0 spiro atoms. The van der Waals surface area contributed by atoms with Gasteiger partial charge < -0.3 is 9.72 Å². The minimum atomic E-state index is -0.0688. The van der Waals surface area contributed by atoms with Crippen LogP contribution < -0.4 is 10.9 Å². The number of fused-ring (bicyclic) bond motifs is 3. The number of nitrogens with zero attached hydrogens (tertiary/aromatic N) is 4. The van der Waals surface area contributed by atoms with Crippen molar-refractivity contribution in [1.82, 2.24) is 24.2 Å². The number of carbonyl (C=O) groups is 1. The van der Waals surface area contributed by atoms with E-state index in [0.717, 1.165) is 18.6 Å². The molecule has 0 radical (unpaired) electrons. The molecule has 1 saturated heterocycles. The van der Waals surface area contributed by atoms with E-state index in [9.17, 15) is 9.59 Å². The lowest BCUT2D eigenvalue weighted by Gasteiger charge is -2.33. The van der Waals surface area contributed by atoms with E-state index < -0.39 is 0 Å². The predicted molar refractivity (Wildman–Crippen MR) is 114 cm³/mol. The van der Waals surface area contributed by atoms with E-state index in [2.05, 4.69) is 22.1 Å². The normalized spacial score (nSPS) is 17.8. The first-order chi connectivity index (χ1) is 14.1. The second kappa shape index (κ2) is 8.78. The van der Waals surface area contributed by atoms with Crippen LogP contribution in [0.4, 0.5) is 0 Å². The summed E-state index contributed by atoms with van der Waals surface area (Å²) >= 11 is 0. The molecule has 0 bridgehead atoms. The second-order valence-electron chi connectivity index (χ2n) is 7.90. The molecule has 1 N–H and O–H groups in total. The highest BCUT2D eigenvalue weighted by atomic mass is 16.1. The SMILES string of the molecule is C[C@@H]1CCCCN1CCNC(=O)CCCn1c(=O)c2cccn2c2cccnc21. The van der Waals surface area contributed by atoms with Crippen LogP contribution in [0.3, 0.4) is 0 Å². The van der Waals surface area contributed by atoms with Crippen LogP contribution >= 0.6 is 0 Å². The molecule has 7 heteroatoms. The van der Waals surface area contributed by atoms with Crippen molar-refractivity contribution in [3.8, 4) is 0 Å². The number of nitrogens with one attached hydrogen (secondary N) is 1. The van der Waals surface area contributed by atoms with Crippen LogP contribution in [0.2, 0.25) is 0 Å². The minimum absolute atomic E-state index is 0.0451.